The number of rotatable bonds is 8. The summed E-state index contributed by atoms with van der Waals surface area (Å²) < 4.78 is 30.7. The van der Waals surface area contributed by atoms with E-state index in [1.807, 2.05) is 19.1 Å². The van der Waals surface area contributed by atoms with Gasteiger partial charge < -0.3 is 4.74 Å². The molecular formula is C20H25N3O5S. The molecule has 0 aliphatic heterocycles. The fraction of sp³-hybridized carbons (Fsp3) is 0.300. The molecule has 0 saturated carbocycles. The predicted octanol–water partition coefficient (Wildman–Crippen LogP) is 1.55. The van der Waals surface area contributed by atoms with Crippen molar-refractivity contribution in [3.8, 4) is 5.75 Å². The van der Waals surface area contributed by atoms with Crippen LogP contribution in [0.3, 0.4) is 0 Å². The van der Waals surface area contributed by atoms with Gasteiger partial charge in [-0.25, -0.2) is 8.42 Å². The lowest BCUT2D eigenvalue weighted by atomic mass is 10.1. The predicted molar refractivity (Wildman–Crippen MR) is 111 cm³/mol. The van der Waals surface area contributed by atoms with Crippen LogP contribution in [-0.4, -0.2) is 39.6 Å². The maximum atomic E-state index is 12.2. The number of para-hydroxylation sites is 2. The molecule has 2 amide bonds. The van der Waals surface area contributed by atoms with E-state index in [1.165, 1.54) is 0 Å². The fourth-order valence-electron chi connectivity index (χ4n) is 2.65. The first kappa shape index (κ1) is 22.2. The van der Waals surface area contributed by atoms with Gasteiger partial charge >= 0.3 is 0 Å². The number of nitrogens with zero attached hydrogens (tertiary/aromatic N) is 1. The Morgan fingerprint density at radius 2 is 1.62 bits per heavy atom. The molecule has 0 bridgehead atoms. The molecule has 156 valence electrons. The zero-order chi connectivity index (χ0) is 21.4. The van der Waals surface area contributed by atoms with Crippen LogP contribution in [-0.2, 0) is 26.0 Å². The second-order valence-corrected chi connectivity index (χ2v) is 8.31. The summed E-state index contributed by atoms with van der Waals surface area (Å²) in [4.78, 5) is 24.1. The number of hydrazine groups is 1. The highest BCUT2D eigenvalue weighted by Crippen LogP contribution is 2.21. The van der Waals surface area contributed by atoms with E-state index in [0.717, 1.165) is 22.5 Å². The maximum Gasteiger partial charge on any atom is 0.276 e. The summed E-state index contributed by atoms with van der Waals surface area (Å²) in [6.45, 7) is 2.97. The van der Waals surface area contributed by atoms with Crippen LogP contribution in [0.5, 0.6) is 5.75 Å². The molecule has 2 rings (SSSR count). The van der Waals surface area contributed by atoms with Gasteiger partial charge in [-0.3, -0.25) is 24.7 Å². The van der Waals surface area contributed by atoms with Crippen LogP contribution in [0.15, 0.2) is 48.5 Å². The normalized spacial score (nSPS) is 10.9. The van der Waals surface area contributed by atoms with E-state index < -0.39 is 28.4 Å². The van der Waals surface area contributed by atoms with Crippen molar-refractivity contribution < 1.29 is 22.7 Å². The molecule has 0 spiro atoms. The van der Waals surface area contributed by atoms with Crippen molar-refractivity contribution >= 4 is 27.5 Å². The molecule has 29 heavy (non-hydrogen) atoms. The summed E-state index contributed by atoms with van der Waals surface area (Å²) in [7, 11) is -3.69. The minimum atomic E-state index is -3.69. The minimum Gasteiger partial charge on any atom is -0.483 e. The van der Waals surface area contributed by atoms with E-state index in [1.54, 1.807) is 43.3 Å². The maximum absolute atomic E-state index is 12.2. The quantitative estimate of drug-likeness (QED) is 0.632. The summed E-state index contributed by atoms with van der Waals surface area (Å²) in [6.07, 6.45) is 1.78. The Labute approximate surface area is 170 Å². The molecule has 0 unspecified atom stereocenters. The molecule has 2 N–H and O–H groups in total. The molecule has 0 atom stereocenters. The number of sulfonamides is 1. The van der Waals surface area contributed by atoms with E-state index in [4.69, 9.17) is 4.74 Å². The van der Waals surface area contributed by atoms with Crippen LogP contribution in [0.25, 0.3) is 0 Å². The SMILES string of the molecule is CCc1ccccc1OCC(=O)NNC(=O)CN(c1ccccc1C)S(C)(=O)=O. The Bertz CT molecular complexity index is 976. The molecule has 2 aromatic rings. The van der Waals surface area contributed by atoms with Gasteiger partial charge in [0.1, 0.15) is 12.3 Å². The summed E-state index contributed by atoms with van der Waals surface area (Å²) in [6, 6.07) is 14.2. The van der Waals surface area contributed by atoms with Gasteiger partial charge in [0.15, 0.2) is 6.61 Å². The summed E-state index contributed by atoms with van der Waals surface area (Å²) >= 11 is 0. The van der Waals surface area contributed by atoms with E-state index in [0.29, 0.717) is 17.0 Å². The van der Waals surface area contributed by atoms with Crippen molar-refractivity contribution in [3.05, 3.63) is 59.7 Å². The summed E-state index contributed by atoms with van der Waals surface area (Å²) in [5, 5.41) is 0. The topological polar surface area (TPSA) is 105 Å². The van der Waals surface area contributed by atoms with Gasteiger partial charge in [0, 0.05) is 0 Å². The number of ether oxygens (including phenoxy) is 1. The number of carbonyl (C=O) groups excluding carboxylic acids is 2. The molecular weight excluding hydrogens is 394 g/mol. The third-order valence-electron chi connectivity index (χ3n) is 4.13. The summed E-state index contributed by atoms with van der Waals surface area (Å²) in [5.74, 6) is -0.647. The molecule has 8 nitrogen and oxygen atoms in total. The second-order valence-electron chi connectivity index (χ2n) is 6.40. The highest BCUT2D eigenvalue weighted by atomic mass is 32.2. The Morgan fingerprint density at radius 1 is 1.00 bits per heavy atom. The zero-order valence-corrected chi connectivity index (χ0v) is 17.5. The average molecular weight is 420 g/mol. The minimum absolute atomic E-state index is 0.287. The lowest BCUT2D eigenvalue weighted by Gasteiger charge is -2.23. The molecule has 0 aliphatic carbocycles. The van der Waals surface area contributed by atoms with Crippen molar-refractivity contribution in [1.82, 2.24) is 10.9 Å². The smallest absolute Gasteiger partial charge is 0.276 e. The lowest BCUT2D eigenvalue weighted by molar-refractivity contribution is -0.129. The van der Waals surface area contributed by atoms with Crippen molar-refractivity contribution in [2.75, 3.05) is 23.7 Å². The van der Waals surface area contributed by atoms with Crippen molar-refractivity contribution in [3.63, 3.8) is 0 Å². The summed E-state index contributed by atoms with van der Waals surface area (Å²) in [5.41, 5.74) is 6.51. The molecule has 0 radical (unpaired) electrons. The van der Waals surface area contributed by atoms with Crippen LogP contribution < -0.4 is 19.9 Å². The van der Waals surface area contributed by atoms with Crippen LogP contribution in [0.4, 0.5) is 5.69 Å². The highest BCUT2D eigenvalue weighted by Gasteiger charge is 2.22. The number of anilines is 1. The molecule has 0 fully saturated rings. The Balaban J connectivity index is 1.92. The Hall–Kier alpha value is -3.07. The third kappa shape index (κ3) is 6.49. The largest absolute Gasteiger partial charge is 0.483 e. The number of aryl methyl sites for hydroxylation is 2. The molecule has 0 saturated heterocycles. The lowest BCUT2D eigenvalue weighted by Crippen LogP contribution is -2.49. The van der Waals surface area contributed by atoms with Gasteiger partial charge in [0.25, 0.3) is 11.8 Å². The van der Waals surface area contributed by atoms with Gasteiger partial charge in [-0.05, 0) is 36.6 Å². The average Bonchev–Trinajstić information content (AvgIpc) is 2.69. The van der Waals surface area contributed by atoms with Gasteiger partial charge in [-0.15, -0.1) is 0 Å². The number of hydrogen-bond donors (Lipinski definition) is 2. The first-order valence-corrected chi connectivity index (χ1v) is 10.9. The van der Waals surface area contributed by atoms with Gasteiger partial charge in [0.05, 0.1) is 11.9 Å². The number of hydrogen-bond acceptors (Lipinski definition) is 5. The molecule has 0 aliphatic rings. The van der Waals surface area contributed by atoms with Crippen LogP contribution in [0.1, 0.15) is 18.1 Å². The third-order valence-corrected chi connectivity index (χ3v) is 5.25. The van der Waals surface area contributed by atoms with Crippen LogP contribution in [0, 0.1) is 6.92 Å². The highest BCUT2D eigenvalue weighted by molar-refractivity contribution is 7.92. The van der Waals surface area contributed by atoms with E-state index in [9.17, 15) is 18.0 Å². The van der Waals surface area contributed by atoms with Crippen molar-refractivity contribution in [1.29, 1.82) is 0 Å². The van der Waals surface area contributed by atoms with Gasteiger partial charge in [-0.2, -0.15) is 0 Å². The Kier molecular flexibility index (Phi) is 7.60. The monoisotopic (exact) mass is 419 g/mol. The van der Waals surface area contributed by atoms with Gasteiger partial charge in [0.2, 0.25) is 10.0 Å². The Morgan fingerprint density at radius 3 is 2.28 bits per heavy atom. The van der Waals surface area contributed by atoms with Crippen LogP contribution in [0.2, 0.25) is 0 Å². The first-order chi connectivity index (χ1) is 13.7. The number of nitrogens with one attached hydrogen (secondary N) is 2. The van der Waals surface area contributed by atoms with Crippen molar-refractivity contribution in [2.24, 2.45) is 0 Å². The molecule has 0 heterocycles. The fourth-order valence-corrected chi connectivity index (χ4v) is 3.56. The second kappa shape index (κ2) is 9.92. The van der Waals surface area contributed by atoms with Crippen LogP contribution >= 0.6 is 0 Å². The number of amides is 2. The van der Waals surface area contributed by atoms with E-state index in [2.05, 4.69) is 10.9 Å². The zero-order valence-electron chi connectivity index (χ0n) is 16.6. The van der Waals surface area contributed by atoms with Gasteiger partial charge in [-0.1, -0.05) is 43.3 Å². The molecule has 2 aromatic carbocycles. The first-order valence-electron chi connectivity index (χ1n) is 9.04. The standard InChI is InChI=1S/C20H25N3O5S/c1-4-16-10-6-8-12-18(16)28-14-20(25)22-21-19(24)13-23(29(3,26)27)17-11-7-5-9-15(17)2/h5-12H,4,13-14H2,1-3H3,(H,21,24)(H,22,25). The molecule has 9 heteroatoms. The number of carbonyl (C=O) groups is 2. The van der Waals surface area contributed by atoms with E-state index >= 15 is 0 Å². The van der Waals surface area contributed by atoms with Crippen molar-refractivity contribution in [2.45, 2.75) is 20.3 Å². The molecule has 0 aromatic heterocycles. The number of benzene rings is 2. The van der Waals surface area contributed by atoms with E-state index in [-0.39, 0.29) is 6.61 Å².